The van der Waals surface area contributed by atoms with Crippen molar-refractivity contribution in [2.75, 3.05) is 11.5 Å². The molecule has 0 fully saturated rings. The molecular formula is C13H11N5OS. The summed E-state index contributed by atoms with van der Waals surface area (Å²) >= 11 is 1.12. The summed E-state index contributed by atoms with van der Waals surface area (Å²) in [6.07, 6.45) is 0. The Hall–Kier alpha value is -2.67. The number of aromatic nitrogens is 2. The molecule has 20 heavy (non-hydrogen) atoms. The van der Waals surface area contributed by atoms with Gasteiger partial charge in [-0.2, -0.15) is 0 Å². The second kappa shape index (κ2) is 4.46. The van der Waals surface area contributed by atoms with Crippen LogP contribution in [-0.4, -0.2) is 15.9 Å². The Balaban J connectivity index is 2.40. The van der Waals surface area contributed by atoms with Crippen LogP contribution in [0.15, 0.2) is 30.3 Å². The number of hydrogen-bond donors (Lipinski definition) is 3. The number of nitrogens with zero attached hydrogens (tertiary/aromatic N) is 2. The number of primary amides is 1. The summed E-state index contributed by atoms with van der Waals surface area (Å²) < 4.78 is 0. The molecule has 0 saturated heterocycles. The predicted molar refractivity (Wildman–Crippen MR) is 80.2 cm³/mol. The Morgan fingerprint density at radius 1 is 1.10 bits per heavy atom. The van der Waals surface area contributed by atoms with Gasteiger partial charge in [0.1, 0.15) is 9.71 Å². The normalized spacial score (nSPS) is 10.8. The molecule has 3 aromatic rings. The maximum absolute atomic E-state index is 11.4. The molecule has 2 heterocycles. The van der Waals surface area contributed by atoms with Crippen molar-refractivity contribution in [1.82, 2.24) is 9.97 Å². The smallest absolute Gasteiger partial charge is 0.260 e. The number of amides is 1. The minimum atomic E-state index is -0.580. The molecule has 6 N–H and O–H groups in total. The fraction of sp³-hybridized carbons (Fsp3) is 0. The lowest BCUT2D eigenvalue weighted by Crippen LogP contribution is -2.10. The van der Waals surface area contributed by atoms with Crippen LogP contribution < -0.4 is 17.2 Å². The maximum Gasteiger partial charge on any atom is 0.260 e. The number of nitrogen functional groups attached to an aromatic ring is 2. The highest BCUT2D eigenvalue weighted by Gasteiger charge is 2.20. The van der Waals surface area contributed by atoms with Gasteiger partial charge in [0.05, 0.1) is 16.8 Å². The van der Waals surface area contributed by atoms with Crippen LogP contribution in [0.1, 0.15) is 9.67 Å². The van der Waals surface area contributed by atoms with Crippen LogP contribution in [0.25, 0.3) is 21.5 Å². The third kappa shape index (κ3) is 1.84. The lowest BCUT2D eigenvalue weighted by molar-refractivity contribution is 0.100. The van der Waals surface area contributed by atoms with Crippen LogP contribution in [0, 0.1) is 0 Å². The molecule has 0 spiro atoms. The van der Waals surface area contributed by atoms with Gasteiger partial charge < -0.3 is 17.2 Å². The van der Waals surface area contributed by atoms with Gasteiger partial charge in [0.25, 0.3) is 5.91 Å². The summed E-state index contributed by atoms with van der Waals surface area (Å²) in [7, 11) is 0. The number of nitrogens with two attached hydrogens (primary N) is 3. The SMILES string of the molecule is NC(=O)c1sc2nc(N)nc(-c3ccccc3)c2c1N. The first kappa shape index (κ1) is 12.4. The zero-order chi connectivity index (χ0) is 14.3. The average Bonchev–Trinajstić information content (AvgIpc) is 2.76. The van der Waals surface area contributed by atoms with Gasteiger partial charge in [-0.3, -0.25) is 4.79 Å². The van der Waals surface area contributed by atoms with Gasteiger partial charge in [-0.25, -0.2) is 9.97 Å². The van der Waals surface area contributed by atoms with Gasteiger partial charge in [0.15, 0.2) is 0 Å². The summed E-state index contributed by atoms with van der Waals surface area (Å²) in [5.41, 5.74) is 18.8. The zero-order valence-corrected chi connectivity index (χ0v) is 11.1. The molecule has 0 saturated carbocycles. The van der Waals surface area contributed by atoms with E-state index in [1.54, 1.807) is 0 Å². The van der Waals surface area contributed by atoms with E-state index < -0.39 is 5.91 Å². The lowest BCUT2D eigenvalue weighted by Gasteiger charge is -2.04. The molecule has 1 aromatic carbocycles. The molecule has 0 aliphatic carbocycles. The van der Waals surface area contributed by atoms with Crippen molar-refractivity contribution in [3.8, 4) is 11.3 Å². The fourth-order valence-corrected chi connectivity index (χ4v) is 2.98. The number of carbonyl (C=O) groups is 1. The van der Waals surface area contributed by atoms with Gasteiger partial charge in [0, 0.05) is 5.56 Å². The molecule has 0 aliphatic rings. The Labute approximate surface area is 118 Å². The molecule has 0 aliphatic heterocycles. The Morgan fingerprint density at radius 3 is 2.45 bits per heavy atom. The second-order valence-electron chi connectivity index (χ2n) is 4.19. The standard InChI is InChI=1S/C13H11N5OS/c14-8-7-9(6-4-2-1-3-5-6)17-13(16)18-12(7)20-10(8)11(15)19/h1-5H,14H2,(H2,15,19)(H2,16,17,18). The van der Waals surface area contributed by atoms with Gasteiger partial charge in [-0.05, 0) is 0 Å². The molecule has 0 bridgehead atoms. The van der Waals surface area contributed by atoms with Crippen LogP contribution in [0.4, 0.5) is 11.6 Å². The summed E-state index contributed by atoms with van der Waals surface area (Å²) in [4.78, 5) is 20.6. The number of hydrogen-bond acceptors (Lipinski definition) is 6. The van der Waals surface area contributed by atoms with Crippen molar-refractivity contribution < 1.29 is 4.79 Å². The monoisotopic (exact) mass is 285 g/mol. The topological polar surface area (TPSA) is 121 Å². The molecule has 2 aromatic heterocycles. The van der Waals surface area contributed by atoms with E-state index in [-0.39, 0.29) is 10.8 Å². The minimum Gasteiger partial charge on any atom is -0.397 e. The largest absolute Gasteiger partial charge is 0.397 e. The van der Waals surface area contributed by atoms with E-state index in [2.05, 4.69) is 9.97 Å². The van der Waals surface area contributed by atoms with Crippen LogP contribution in [0.2, 0.25) is 0 Å². The molecule has 6 nitrogen and oxygen atoms in total. The number of fused-ring (bicyclic) bond motifs is 1. The first-order valence-electron chi connectivity index (χ1n) is 5.78. The highest BCUT2D eigenvalue weighted by atomic mass is 32.1. The second-order valence-corrected chi connectivity index (χ2v) is 5.18. The molecular weight excluding hydrogens is 274 g/mol. The molecule has 0 unspecified atom stereocenters. The third-order valence-electron chi connectivity index (χ3n) is 2.88. The lowest BCUT2D eigenvalue weighted by atomic mass is 10.1. The average molecular weight is 285 g/mol. The molecule has 3 rings (SSSR count). The number of carbonyl (C=O) groups excluding carboxylic acids is 1. The van der Waals surface area contributed by atoms with Crippen molar-refractivity contribution in [2.24, 2.45) is 5.73 Å². The van der Waals surface area contributed by atoms with Crippen LogP contribution in [-0.2, 0) is 0 Å². The molecule has 0 radical (unpaired) electrons. The number of anilines is 2. The van der Waals surface area contributed by atoms with E-state index >= 15 is 0 Å². The predicted octanol–water partition coefficient (Wildman–Crippen LogP) is 1.62. The molecule has 0 atom stereocenters. The fourth-order valence-electron chi connectivity index (χ4n) is 2.03. The van der Waals surface area contributed by atoms with Crippen molar-refractivity contribution in [1.29, 1.82) is 0 Å². The van der Waals surface area contributed by atoms with Gasteiger partial charge >= 0.3 is 0 Å². The summed E-state index contributed by atoms with van der Waals surface area (Å²) in [5, 5.41) is 0.615. The number of rotatable bonds is 2. The van der Waals surface area contributed by atoms with E-state index in [0.717, 1.165) is 16.9 Å². The van der Waals surface area contributed by atoms with Crippen molar-refractivity contribution in [3.63, 3.8) is 0 Å². The molecule has 100 valence electrons. The molecule has 7 heteroatoms. The van der Waals surface area contributed by atoms with Gasteiger partial charge in [-0.1, -0.05) is 30.3 Å². The summed E-state index contributed by atoms with van der Waals surface area (Å²) in [6.45, 7) is 0. The molecule has 1 amide bonds. The van der Waals surface area contributed by atoms with Crippen LogP contribution in [0.3, 0.4) is 0 Å². The third-order valence-corrected chi connectivity index (χ3v) is 3.99. The van der Waals surface area contributed by atoms with E-state index in [9.17, 15) is 4.79 Å². The highest BCUT2D eigenvalue weighted by Crippen LogP contribution is 2.38. The van der Waals surface area contributed by atoms with Crippen molar-refractivity contribution in [2.45, 2.75) is 0 Å². The highest BCUT2D eigenvalue weighted by molar-refractivity contribution is 7.21. The van der Waals surface area contributed by atoms with Crippen molar-refractivity contribution in [3.05, 3.63) is 35.2 Å². The Morgan fingerprint density at radius 2 is 1.80 bits per heavy atom. The van der Waals surface area contributed by atoms with Crippen molar-refractivity contribution >= 4 is 39.1 Å². The van der Waals surface area contributed by atoms with E-state index in [1.165, 1.54) is 0 Å². The maximum atomic E-state index is 11.4. The van der Waals surface area contributed by atoms with E-state index in [0.29, 0.717) is 21.6 Å². The number of benzene rings is 1. The summed E-state index contributed by atoms with van der Waals surface area (Å²) in [5.74, 6) is -0.447. The first-order valence-corrected chi connectivity index (χ1v) is 6.60. The minimum absolute atomic E-state index is 0.133. The van der Waals surface area contributed by atoms with Gasteiger partial charge in [0.2, 0.25) is 5.95 Å². The zero-order valence-electron chi connectivity index (χ0n) is 10.3. The van der Waals surface area contributed by atoms with Crippen LogP contribution in [0.5, 0.6) is 0 Å². The first-order chi connectivity index (χ1) is 9.58. The van der Waals surface area contributed by atoms with E-state index in [1.807, 2.05) is 30.3 Å². The van der Waals surface area contributed by atoms with Crippen LogP contribution >= 0.6 is 11.3 Å². The summed E-state index contributed by atoms with van der Waals surface area (Å²) in [6, 6.07) is 9.45. The van der Waals surface area contributed by atoms with Gasteiger partial charge in [-0.15, -0.1) is 11.3 Å². The van der Waals surface area contributed by atoms with E-state index in [4.69, 9.17) is 17.2 Å². The Bertz CT molecular complexity index is 812. The Kier molecular flexibility index (Phi) is 2.76. The number of thiophene rings is 1. The quantitative estimate of drug-likeness (QED) is 0.660.